The molecular weight excluding hydrogens is 354 g/mol. The Morgan fingerprint density at radius 3 is 2.44 bits per heavy atom. The van der Waals surface area contributed by atoms with Gasteiger partial charge in [-0.3, -0.25) is 14.7 Å². The van der Waals surface area contributed by atoms with E-state index >= 15 is 0 Å². The van der Waals surface area contributed by atoms with E-state index in [2.05, 4.69) is 54.1 Å². The molecule has 0 atom stereocenters. The molecule has 0 aliphatic carbocycles. The predicted molar refractivity (Wildman–Crippen MR) is 113 cm³/mol. The van der Waals surface area contributed by atoms with Gasteiger partial charge in [0.05, 0.1) is 5.75 Å². The third-order valence-electron chi connectivity index (χ3n) is 4.99. The van der Waals surface area contributed by atoms with Crippen molar-refractivity contribution in [1.29, 1.82) is 0 Å². The Hall–Kier alpha value is -1.85. The summed E-state index contributed by atoms with van der Waals surface area (Å²) < 4.78 is 0. The minimum absolute atomic E-state index is 0.254. The van der Waals surface area contributed by atoms with Gasteiger partial charge in [0.2, 0.25) is 5.91 Å². The molecule has 1 aliphatic heterocycles. The van der Waals surface area contributed by atoms with E-state index in [0.29, 0.717) is 11.7 Å². The molecule has 2 heterocycles. The van der Waals surface area contributed by atoms with Crippen LogP contribution in [-0.2, 0) is 17.1 Å². The Kier molecular flexibility index (Phi) is 7.30. The highest BCUT2D eigenvalue weighted by atomic mass is 32.2. The fourth-order valence-corrected chi connectivity index (χ4v) is 4.12. The second-order valence-electron chi connectivity index (χ2n) is 7.41. The number of hydrogen-bond acceptors (Lipinski definition) is 4. The number of nitrogens with zero attached hydrogens (tertiary/aromatic N) is 3. The summed E-state index contributed by atoms with van der Waals surface area (Å²) in [6.07, 6.45) is 3.64. The number of piperazine rings is 1. The molecule has 2 aromatic rings. The van der Waals surface area contributed by atoms with Crippen molar-refractivity contribution in [2.24, 2.45) is 0 Å². The molecular formula is C22H29N3OS. The van der Waals surface area contributed by atoms with Gasteiger partial charge in [-0.05, 0) is 28.7 Å². The van der Waals surface area contributed by atoms with Gasteiger partial charge in [-0.1, -0.05) is 44.2 Å². The van der Waals surface area contributed by atoms with Gasteiger partial charge in [-0.15, -0.1) is 11.8 Å². The molecule has 0 bridgehead atoms. The summed E-state index contributed by atoms with van der Waals surface area (Å²) in [6.45, 7) is 8.97. The van der Waals surface area contributed by atoms with Crippen molar-refractivity contribution < 1.29 is 4.79 Å². The highest BCUT2D eigenvalue weighted by molar-refractivity contribution is 7.99. The van der Waals surface area contributed by atoms with E-state index in [-0.39, 0.29) is 5.91 Å². The van der Waals surface area contributed by atoms with E-state index in [1.807, 2.05) is 17.2 Å². The number of amides is 1. The fraction of sp³-hybridized carbons (Fsp3) is 0.455. The predicted octanol–water partition coefficient (Wildman–Crippen LogP) is 3.78. The molecule has 0 spiro atoms. The van der Waals surface area contributed by atoms with Gasteiger partial charge in [0.15, 0.2) is 0 Å². The number of rotatable bonds is 7. The van der Waals surface area contributed by atoms with Crippen molar-refractivity contribution in [3.8, 4) is 0 Å². The van der Waals surface area contributed by atoms with Crippen molar-refractivity contribution in [3.05, 3.63) is 65.5 Å². The van der Waals surface area contributed by atoms with Crippen LogP contribution in [0.2, 0.25) is 0 Å². The number of carbonyl (C=O) groups is 1. The molecule has 1 fully saturated rings. The molecule has 27 heavy (non-hydrogen) atoms. The van der Waals surface area contributed by atoms with Gasteiger partial charge < -0.3 is 4.90 Å². The molecule has 0 radical (unpaired) electrons. The smallest absolute Gasteiger partial charge is 0.232 e. The second kappa shape index (κ2) is 9.90. The first-order valence-electron chi connectivity index (χ1n) is 9.67. The maximum Gasteiger partial charge on any atom is 0.232 e. The SMILES string of the molecule is CC(C)c1ccc(CN2CCN(C(=O)CSCc3cccnc3)CC2)cc1. The molecule has 144 valence electrons. The summed E-state index contributed by atoms with van der Waals surface area (Å²) in [7, 11) is 0. The lowest BCUT2D eigenvalue weighted by molar-refractivity contribution is -0.130. The number of thioether (sulfide) groups is 1. The largest absolute Gasteiger partial charge is 0.339 e. The van der Waals surface area contributed by atoms with E-state index in [4.69, 9.17) is 0 Å². The van der Waals surface area contributed by atoms with Gasteiger partial charge in [0, 0.05) is 50.9 Å². The molecule has 0 saturated carbocycles. The van der Waals surface area contributed by atoms with Crippen LogP contribution < -0.4 is 0 Å². The Labute approximate surface area is 167 Å². The average Bonchev–Trinajstić information content (AvgIpc) is 2.70. The number of aromatic nitrogens is 1. The molecule has 1 saturated heterocycles. The fourth-order valence-electron chi connectivity index (χ4n) is 3.25. The number of hydrogen-bond donors (Lipinski definition) is 0. The van der Waals surface area contributed by atoms with Gasteiger partial charge in [-0.2, -0.15) is 0 Å². The summed E-state index contributed by atoms with van der Waals surface area (Å²) in [6, 6.07) is 12.9. The van der Waals surface area contributed by atoms with Gasteiger partial charge in [0.25, 0.3) is 0 Å². The lowest BCUT2D eigenvalue weighted by Crippen LogP contribution is -2.48. The number of pyridine rings is 1. The lowest BCUT2D eigenvalue weighted by Gasteiger charge is -2.34. The summed E-state index contributed by atoms with van der Waals surface area (Å²) in [5, 5.41) is 0. The van der Waals surface area contributed by atoms with Crippen LogP contribution in [0.25, 0.3) is 0 Å². The monoisotopic (exact) mass is 383 g/mol. The van der Waals surface area contributed by atoms with E-state index in [9.17, 15) is 4.79 Å². The lowest BCUT2D eigenvalue weighted by atomic mass is 10.0. The second-order valence-corrected chi connectivity index (χ2v) is 8.39. The molecule has 0 N–H and O–H groups in total. The zero-order valence-electron chi connectivity index (χ0n) is 16.3. The molecule has 1 aromatic heterocycles. The van der Waals surface area contributed by atoms with Crippen LogP contribution >= 0.6 is 11.8 Å². The van der Waals surface area contributed by atoms with Crippen molar-refractivity contribution in [2.75, 3.05) is 31.9 Å². The molecule has 0 unspecified atom stereocenters. The summed E-state index contributed by atoms with van der Waals surface area (Å²) in [5.41, 5.74) is 3.91. The van der Waals surface area contributed by atoms with Gasteiger partial charge in [0.1, 0.15) is 0 Å². The van der Waals surface area contributed by atoms with Crippen molar-refractivity contribution in [3.63, 3.8) is 0 Å². The van der Waals surface area contributed by atoms with Crippen LogP contribution in [-0.4, -0.2) is 52.6 Å². The maximum atomic E-state index is 12.4. The average molecular weight is 384 g/mol. The molecule has 1 aliphatic rings. The quantitative estimate of drug-likeness (QED) is 0.729. The van der Waals surface area contributed by atoms with Crippen LogP contribution in [0, 0.1) is 0 Å². The summed E-state index contributed by atoms with van der Waals surface area (Å²) in [5.74, 6) is 2.21. The van der Waals surface area contributed by atoms with Gasteiger partial charge >= 0.3 is 0 Å². The molecule has 1 amide bonds. The first kappa shape index (κ1) is 19.9. The minimum Gasteiger partial charge on any atom is -0.339 e. The van der Waals surface area contributed by atoms with E-state index in [1.54, 1.807) is 18.0 Å². The number of carbonyl (C=O) groups excluding carboxylic acids is 1. The molecule has 4 nitrogen and oxygen atoms in total. The highest BCUT2D eigenvalue weighted by Crippen LogP contribution is 2.17. The topological polar surface area (TPSA) is 36.4 Å². The van der Waals surface area contributed by atoms with E-state index < -0.39 is 0 Å². The number of benzene rings is 1. The third kappa shape index (κ3) is 6.08. The summed E-state index contributed by atoms with van der Waals surface area (Å²) in [4.78, 5) is 21.0. The Balaban J connectivity index is 1.38. The minimum atomic E-state index is 0.254. The first-order chi connectivity index (χ1) is 13.1. The van der Waals surface area contributed by atoms with Crippen LogP contribution in [0.1, 0.15) is 36.5 Å². The zero-order chi connectivity index (χ0) is 19.1. The normalized spacial score (nSPS) is 15.3. The Morgan fingerprint density at radius 1 is 1.07 bits per heavy atom. The Bertz CT molecular complexity index is 710. The molecule has 3 rings (SSSR count). The van der Waals surface area contributed by atoms with Gasteiger partial charge in [-0.25, -0.2) is 0 Å². The van der Waals surface area contributed by atoms with Crippen LogP contribution in [0.3, 0.4) is 0 Å². The third-order valence-corrected chi connectivity index (χ3v) is 5.98. The van der Waals surface area contributed by atoms with Crippen molar-refractivity contribution in [2.45, 2.75) is 32.1 Å². The maximum absolute atomic E-state index is 12.4. The first-order valence-corrected chi connectivity index (χ1v) is 10.8. The van der Waals surface area contributed by atoms with E-state index in [1.165, 1.54) is 16.7 Å². The van der Waals surface area contributed by atoms with E-state index in [0.717, 1.165) is 38.5 Å². The highest BCUT2D eigenvalue weighted by Gasteiger charge is 2.21. The van der Waals surface area contributed by atoms with Crippen molar-refractivity contribution in [1.82, 2.24) is 14.8 Å². The molecule has 5 heteroatoms. The summed E-state index contributed by atoms with van der Waals surface area (Å²) >= 11 is 1.67. The van der Waals surface area contributed by atoms with Crippen molar-refractivity contribution >= 4 is 17.7 Å². The van der Waals surface area contributed by atoms with Crippen LogP contribution in [0.4, 0.5) is 0 Å². The zero-order valence-corrected chi connectivity index (χ0v) is 17.1. The Morgan fingerprint density at radius 2 is 1.81 bits per heavy atom. The van der Waals surface area contributed by atoms with Crippen LogP contribution in [0.15, 0.2) is 48.8 Å². The van der Waals surface area contributed by atoms with Crippen LogP contribution in [0.5, 0.6) is 0 Å². The standard InChI is InChI=1S/C22H29N3OS/c1-18(2)21-7-5-19(6-8-21)15-24-10-12-25(13-11-24)22(26)17-27-16-20-4-3-9-23-14-20/h3-9,14,18H,10-13,15-17H2,1-2H3. The molecule has 1 aromatic carbocycles.